The second kappa shape index (κ2) is 7.81. The molecule has 0 bridgehead atoms. The van der Waals surface area contributed by atoms with Crippen molar-refractivity contribution in [3.8, 4) is 0 Å². The van der Waals surface area contributed by atoms with E-state index in [0.717, 1.165) is 23.9 Å². The van der Waals surface area contributed by atoms with Gasteiger partial charge in [0.25, 0.3) is 0 Å². The Labute approximate surface area is 136 Å². The van der Waals surface area contributed by atoms with Crippen LogP contribution in [0.4, 0.5) is 5.13 Å². The Balaban J connectivity index is 2.17. The zero-order valence-corrected chi connectivity index (χ0v) is 15.3. The third kappa shape index (κ3) is 4.34. The topological polar surface area (TPSA) is 37.4 Å². The van der Waals surface area contributed by atoms with Crippen LogP contribution in [0.25, 0.3) is 0 Å². The quantitative estimate of drug-likeness (QED) is 0.868. The van der Waals surface area contributed by atoms with E-state index < -0.39 is 0 Å². The van der Waals surface area contributed by atoms with Crippen LogP contribution in [0.3, 0.4) is 0 Å². The number of aromatic nitrogens is 1. The lowest BCUT2D eigenvalue weighted by Gasteiger charge is -2.37. The van der Waals surface area contributed by atoms with Crippen molar-refractivity contribution in [2.75, 3.05) is 24.3 Å². The van der Waals surface area contributed by atoms with Gasteiger partial charge in [0, 0.05) is 48.2 Å². The van der Waals surface area contributed by atoms with Crippen molar-refractivity contribution in [2.24, 2.45) is 0 Å². The van der Waals surface area contributed by atoms with E-state index in [1.54, 1.807) is 7.11 Å². The maximum absolute atomic E-state index is 5.32. The Morgan fingerprint density at radius 3 is 2.86 bits per heavy atom. The van der Waals surface area contributed by atoms with Gasteiger partial charge in [-0.1, -0.05) is 20.8 Å². The number of methoxy groups -OCH3 is 1. The Morgan fingerprint density at radius 2 is 2.19 bits per heavy atom. The first-order valence-electron chi connectivity index (χ1n) is 7.62. The maximum atomic E-state index is 5.32. The minimum atomic E-state index is 0.483. The minimum Gasteiger partial charge on any atom is -0.378 e. The molecule has 4 nitrogen and oxygen atoms in total. The van der Waals surface area contributed by atoms with E-state index in [4.69, 9.17) is 9.72 Å². The van der Waals surface area contributed by atoms with E-state index in [1.165, 1.54) is 10.6 Å². The zero-order valence-electron chi connectivity index (χ0n) is 13.7. The molecule has 0 radical (unpaired) electrons. The summed E-state index contributed by atoms with van der Waals surface area (Å²) < 4.78 is 5.32. The van der Waals surface area contributed by atoms with Crippen LogP contribution in [-0.4, -0.2) is 41.7 Å². The van der Waals surface area contributed by atoms with Gasteiger partial charge in [-0.25, -0.2) is 4.98 Å². The van der Waals surface area contributed by atoms with Gasteiger partial charge in [-0.15, -0.1) is 11.3 Å². The Bertz CT molecular complexity index is 450. The second-order valence-electron chi connectivity index (χ2n) is 5.84. The molecule has 0 aromatic carbocycles. The summed E-state index contributed by atoms with van der Waals surface area (Å²) in [6, 6.07) is 1.02. The lowest BCUT2D eigenvalue weighted by molar-refractivity contribution is 0.181. The lowest BCUT2D eigenvalue weighted by atomic mass is 10.2. The number of thiazole rings is 1. The molecule has 2 rings (SSSR count). The summed E-state index contributed by atoms with van der Waals surface area (Å²) in [6.07, 6.45) is 0. The van der Waals surface area contributed by atoms with Crippen LogP contribution in [0.2, 0.25) is 0 Å². The lowest BCUT2D eigenvalue weighted by Crippen LogP contribution is -2.44. The summed E-state index contributed by atoms with van der Waals surface area (Å²) in [5.41, 5.74) is 1.09. The van der Waals surface area contributed by atoms with Gasteiger partial charge in [-0.2, -0.15) is 11.8 Å². The molecular weight excluding hydrogens is 302 g/mol. The fourth-order valence-electron chi connectivity index (χ4n) is 2.38. The standard InChI is InChI=1S/C15H27N3OS2/c1-10(2)16-8-14-13(9-19-5)17-15(21-14)18-6-7-20-12(4)11(18)3/h10-12,16H,6-9H2,1-5H3. The summed E-state index contributed by atoms with van der Waals surface area (Å²) in [4.78, 5) is 8.62. The molecule has 1 aromatic rings. The predicted octanol–water partition coefficient (Wildman–Crippen LogP) is 3.12. The van der Waals surface area contributed by atoms with Crippen LogP contribution in [0, 0.1) is 0 Å². The van der Waals surface area contributed by atoms with Crippen LogP contribution >= 0.6 is 23.1 Å². The number of nitrogens with one attached hydrogen (secondary N) is 1. The van der Waals surface area contributed by atoms with Gasteiger partial charge in [-0.05, 0) is 6.92 Å². The molecule has 6 heteroatoms. The largest absolute Gasteiger partial charge is 0.378 e. The molecule has 0 aliphatic carbocycles. The molecule has 1 fully saturated rings. The molecule has 1 saturated heterocycles. The minimum absolute atomic E-state index is 0.483. The number of ether oxygens (including phenoxy) is 1. The van der Waals surface area contributed by atoms with Crippen LogP contribution in [-0.2, 0) is 17.9 Å². The Kier molecular flexibility index (Phi) is 6.34. The summed E-state index contributed by atoms with van der Waals surface area (Å²) in [5, 5.41) is 5.30. The van der Waals surface area contributed by atoms with Crippen molar-refractivity contribution in [3.05, 3.63) is 10.6 Å². The molecule has 120 valence electrons. The molecule has 1 N–H and O–H groups in total. The summed E-state index contributed by atoms with van der Waals surface area (Å²) in [7, 11) is 1.74. The normalized spacial score (nSPS) is 23.0. The highest BCUT2D eigenvalue weighted by molar-refractivity contribution is 8.00. The molecule has 21 heavy (non-hydrogen) atoms. The molecule has 0 saturated carbocycles. The molecular formula is C15H27N3OS2. The van der Waals surface area contributed by atoms with Gasteiger partial charge < -0.3 is 15.0 Å². The van der Waals surface area contributed by atoms with E-state index >= 15 is 0 Å². The third-order valence-corrected chi connectivity index (χ3v) is 6.32. The average Bonchev–Trinajstić information content (AvgIpc) is 2.83. The van der Waals surface area contributed by atoms with Gasteiger partial charge in [-0.3, -0.25) is 0 Å². The van der Waals surface area contributed by atoms with Crippen molar-refractivity contribution >= 4 is 28.2 Å². The SMILES string of the molecule is COCc1nc(N2CCSC(C)C2C)sc1CNC(C)C. The van der Waals surface area contributed by atoms with Gasteiger partial charge in [0.1, 0.15) is 0 Å². The van der Waals surface area contributed by atoms with Gasteiger partial charge in [0.05, 0.1) is 12.3 Å². The number of thioether (sulfide) groups is 1. The molecule has 0 amide bonds. The molecule has 2 unspecified atom stereocenters. The van der Waals surface area contributed by atoms with Crippen molar-refractivity contribution in [2.45, 2.75) is 58.2 Å². The van der Waals surface area contributed by atoms with Crippen LogP contribution in [0.5, 0.6) is 0 Å². The Morgan fingerprint density at radius 1 is 1.43 bits per heavy atom. The molecule has 2 heterocycles. The fraction of sp³-hybridized carbons (Fsp3) is 0.800. The highest BCUT2D eigenvalue weighted by atomic mass is 32.2. The Hall–Kier alpha value is -0.300. The first-order valence-corrected chi connectivity index (χ1v) is 9.48. The highest BCUT2D eigenvalue weighted by Gasteiger charge is 2.28. The first-order chi connectivity index (χ1) is 10.0. The number of hydrogen-bond acceptors (Lipinski definition) is 6. The summed E-state index contributed by atoms with van der Waals surface area (Å²) in [5.74, 6) is 1.18. The van der Waals surface area contributed by atoms with Crippen molar-refractivity contribution in [3.63, 3.8) is 0 Å². The van der Waals surface area contributed by atoms with Crippen LogP contribution in [0.15, 0.2) is 0 Å². The van der Waals surface area contributed by atoms with E-state index in [1.807, 2.05) is 11.3 Å². The summed E-state index contributed by atoms with van der Waals surface area (Å²) in [6.45, 7) is 11.5. The highest BCUT2D eigenvalue weighted by Crippen LogP contribution is 2.33. The van der Waals surface area contributed by atoms with Crippen molar-refractivity contribution < 1.29 is 4.74 Å². The number of anilines is 1. The fourth-order valence-corrected chi connectivity index (χ4v) is 4.61. The van der Waals surface area contributed by atoms with Gasteiger partial charge >= 0.3 is 0 Å². The van der Waals surface area contributed by atoms with Crippen LogP contribution < -0.4 is 10.2 Å². The van der Waals surface area contributed by atoms with Gasteiger partial charge in [0.2, 0.25) is 0 Å². The maximum Gasteiger partial charge on any atom is 0.186 e. The summed E-state index contributed by atoms with van der Waals surface area (Å²) >= 11 is 3.87. The molecule has 1 aliphatic rings. The van der Waals surface area contributed by atoms with E-state index in [2.05, 4.69) is 49.7 Å². The molecule has 1 aliphatic heterocycles. The molecule has 0 spiro atoms. The zero-order chi connectivity index (χ0) is 15.4. The number of hydrogen-bond donors (Lipinski definition) is 1. The second-order valence-corrected chi connectivity index (χ2v) is 8.39. The predicted molar refractivity (Wildman–Crippen MR) is 93.5 cm³/mol. The number of nitrogens with zero attached hydrogens (tertiary/aromatic N) is 2. The third-order valence-electron chi connectivity index (χ3n) is 3.85. The number of rotatable bonds is 6. The van der Waals surface area contributed by atoms with E-state index in [0.29, 0.717) is 23.9 Å². The van der Waals surface area contributed by atoms with E-state index in [-0.39, 0.29) is 0 Å². The monoisotopic (exact) mass is 329 g/mol. The average molecular weight is 330 g/mol. The van der Waals surface area contributed by atoms with Crippen LogP contribution in [0.1, 0.15) is 38.3 Å². The molecule has 1 aromatic heterocycles. The van der Waals surface area contributed by atoms with Crippen molar-refractivity contribution in [1.29, 1.82) is 0 Å². The van der Waals surface area contributed by atoms with Crippen molar-refractivity contribution in [1.82, 2.24) is 10.3 Å². The first kappa shape index (κ1) is 17.1. The van der Waals surface area contributed by atoms with E-state index in [9.17, 15) is 0 Å². The smallest absolute Gasteiger partial charge is 0.186 e. The molecule has 2 atom stereocenters. The van der Waals surface area contributed by atoms with Gasteiger partial charge in [0.15, 0.2) is 5.13 Å².